The monoisotopic (exact) mass is 427 g/mol. The molecule has 2 aromatic rings. The third kappa shape index (κ3) is 5.68. The van der Waals surface area contributed by atoms with E-state index >= 15 is 0 Å². The Hall–Kier alpha value is -2.22. The van der Waals surface area contributed by atoms with Crippen molar-refractivity contribution in [1.29, 1.82) is 0 Å². The third-order valence-corrected chi connectivity index (χ3v) is 6.43. The fourth-order valence-corrected chi connectivity index (χ4v) is 4.55. The van der Waals surface area contributed by atoms with Gasteiger partial charge in [0.1, 0.15) is 5.75 Å². The van der Waals surface area contributed by atoms with E-state index in [0.717, 1.165) is 67.6 Å². The van der Waals surface area contributed by atoms with Crippen LogP contribution in [0, 0.1) is 6.92 Å². The number of hydrazone groups is 1. The lowest BCUT2D eigenvalue weighted by molar-refractivity contribution is -0.130. The van der Waals surface area contributed by atoms with Crippen LogP contribution >= 0.6 is 11.3 Å². The number of amides is 1. The first kappa shape index (κ1) is 21.0. The Kier molecular flexibility index (Phi) is 7.15. The number of carbonyl (C=O) groups is 1. The molecule has 1 aromatic carbocycles. The molecule has 1 saturated heterocycles. The van der Waals surface area contributed by atoms with Gasteiger partial charge in [0.15, 0.2) is 0 Å². The fraction of sp³-hybridized carbons (Fsp3) is 0.478. The van der Waals surface area contributed by atoms with Gasteiger partial charge >= 0.3 is 0 Å². The van der Waals surface area contributed by atoms with Gasteiger partial charge in [0, 0.05) is 30.9 Å². The minimum absolute atomic E-state index is 0.0393. The summed E-state index contributed by atoms with van der Waals surface area (Å²) in [7, 11) is 0. The molecule has 0 radical (unpaired) electrons. The van der Waals surface area contributed by atoms with E-state index in [1.165, 1.54) is 4.88 Å². The first-order valence-electron chi connectivity index (χ1n) is 10.6. The quantitative estimate of drug-likeness (QED) is 0.607. The van der Waals surface area contributed by atoms with Crippen LogP contribution in [0.4, 0.5) is 0 Å². The Balaban J connectivity index is 1.21. The standard InChI is InChI=1S/C23H29N3O3S/c1-18-3-8-22(30-18)21-9-11-26(24-21)23(27)17-19-4-6-20(7-5-19)29-14-2-10-25-12-15-28-16-13-25/h3-8H,2,9-17H2,1H3. The molecule has 2 aliphatic heterocycles. The molecule has 0 aliphatic carbocycles. The number of benzene rings is 1. The van der Waals surface area contributed by atoms with E-state index in [1.54, 1.807) is 16.3 Å². The highest BCUT2D eigenvalue weighted by Crippen LogP contribution is 2.22. The maximum Gasteiger partial charge on any atom is 0.247 e. The predicted octanol–water partition coefficient (Wildman–Crippen LogP) is 3.34. The Morgan fingerprint density at radius 1 is 1.13 bits per heavy atom. The number of hydrogen-bond donors (Lipinski definition) is 0. The number of rotatable bonds is 8. The van der Waals surface area contributed by atoms with Crippen molar-refractivity contribution in [2.24, 2.45) is 5.10 Å². The molecule has 7 heteroatoms. The predicted molar refractivity (Wildman–Crippen MR) is 119 cm³/mol. The number of aryl methyl sites for hydroxylation is 1. The number of nitrogens with zero attached hydrogens (tertiary/aromatic N) is 3. The maximum absolute atomic E-state index is 12.6. The molecule has 1 fully saturated rings. The highest BCUT2D eigenvalue weighted by atomic mass is 32.1. The van der Waals surface area contributed by atoms with Gasteiger partial charge in [-0.05, 0) is 43.2 Å². The minimum Gasteiger partial charge on any atom is -0.494 e. The van der Waals surface area contributed by atoms with Crippen molar-refractivity contribution in [3.8, 4) is 5.75 Å². The van der Waals surface area contributed by atoms with Gasteiger partial charge in [-0.15, -0.1) is 11.3 Å². The first-order valence-corrected chi connectivity index (χ1v) is 11.5. The van der Waals surface area contributed by atoms with E-state index < -0.39 is 0 Å². The summed E-state index contributed by atoms with van der Waals surface area (Å²) in [6, 6.07) is 12.0. The average molecular weight is 428 g/mol. The molecule has 0 bridgehead atoms. The summed E-state index contributed by atoms with van der Waals surface area (Å²) in [6.07, 6.45) is 2.18. The second-order valence-corrected chi connectivity index (χ2v) is 8.99. The lowest BCUT2D eigenvalue weighted by atomic mass is 10.1. The highest BCUT2D eigenvalue weighted by Gasteiger charge is 2.22. The molecule has 6 nitrogen and oxygen atoms in total. The second kappa shape index (κ2) is 10.2. The molecule has 1 amide bonds. The molecular weight excluding hydrogens is 398 g/mol. The molecule has 3 heterocycles. The van der Waals surface area contributed by atoms with Gasteiger partial charge in [0.2, 0.25) is 5.91 Å². The molecule has 0 N–H and O–H groups in total. The van der Waals surface area contributed by atoms with Crippen LogP contribution in [0.3, 0.4) is 0 Å². The van der Waals surface area contributed by atoms with Crippen LogP contribution in [-0.2, 0) is 16.0 Å². The molecule has 0 spiro atoms. The summed E-state index contributed by atoms with van der Waals surface area (Å²) in [6.45, 7) is 8.18. The molecular formula is C23H29N3O3S. The summed E-state index contributed by atoms with van der Waals surface area (Å²) in [4.78, 5) is 17.5. The number of carbonyl (C=O) groups excluding carboxylic acids is 1. The topological polar surface area (TPSA) is 54.4 Å². The van der Waals surface area contributed by atoms with E-state index in [4.69, 9.17) is 9.47 Å². The van der Waals surface area contributed by atoms with Crippen LogP contribution in [0.25, 0.3) is 0 Å². The van der Waals surface area contributed by atoms with Crippen molar-refractivity contribution >= 4 is 23.0 Å². The summed E-state index contributed by atoms with van der Waals surface area (Å²) >= 11 is 1.73. The lowest BCUT2D eigenvalue weighted by Crippen LogP contribution is -2.37. The van der Waals surface area contributed by atoms with Crippen molar-refractivity contribution in [3.05, 3.63) is 51.7 Å². The van der Waals surface area contributed by atoms with Gasteiger partial charge in [0.05, 0.1) is 43.4 Å². The molecule has 4 rings (SSSR count). The number of morpholine rings is 1. The highest BCUT2D eigenvalue weighted by molar-refractivity contribution is 7.14. The van der Waals surface area contributed by atoms with Crippen molar-refractivity contribution < 1.29 is 14.3 Å². The SMILES string of the molecule is Cc1ccc(C2=NN(C(=O)Cc3ccc(OCCCN4CCOCC4)cc3)CC2)s1. The normalized spacial score (nSPS) is 17.2. The van der Waals surface area contributed by atoms with Crippen LogP contribution in [0.5, 0.6) is 5.75 Å². The van der Waals surface area contributed by atoms with Crippen LogP contribution in [0.2, 0.25) is 0 Å². The first-order chi connectivity index (χ1) is 14.7. The van der Waals surface area contributed by atoms with E-state index in [1.807, 2.05) is 24.3 Å². The van der Waals surface area contributed by atoms with E-state index in [0.29, 0.717) is 19.6 Å². The summed E-state index contributed by atoms with van der Waals surface area (Å²) < 4.78 is 11.2. The van der Waals surface area contributed by atoms with Crippen LogP contribution in [-0.4, -0.2) is 67.5 Å². The number of ether oxygens (including phenoxy) is 2. The Morgan fingerprint density at radius 3 is 2.67 bits per heavy atom. The molecule has 0 saturated carbocycles. The number of hydrogen-bond acceptors (Lipinski definition) is 6. The van der Waals surface area contributed by atoms with Crippen molar-refractivity contribution in [2.75, 3.05) is 46.0 Å². The molecule has 160 valence electrons. The Morgan fingerprint density at radius 2 is 1.93 bits per heavy atom. The molecule has 30 heavy (non-hydrogen) atoms. The van der Waals surface area contributed by atoms with E-state index in [-0.39, 0.29) is 5.91 Å². The molecule has 1 aromatic heterocycles. The molecule has 2 aliphatic rings. The minimum atomic E-state index is 0.0393. The molecule has 0 unspecified atom stereocenters. The third-order valence-electron chi connectivity index (χ3n) is 5.38. The van der Waals surface area contributed by atoms with Gasteiger partial charge in [-0.3, -0.25) is 9.69 Å². The molecule has 0 atom stereocenters. The Bertz CT molecular complexity index is 872. The van der Waals surface area contributed by atoms with Gasteiger partial charge in [-0.1, -0.05) is 12.1 Å². The van der Waals surface area contributed by atoms with Gasteiger partial charge in [-0.2, -0.15) is 5.10 Å². The van der Waals surface area contributed by atoms with Crippen LogP contribution in [0.15, 0.2) is 41.5 Å². The van der Waals surface area contributed by atoms with Gasteiger partial charge in [-0.25, -0.2) is 5.01 Å². The Labute approximate surface area is 182 Å². The smallest absolute Gasteiger partial charge is 0.247 e. The van der Waals surface area contributed by atoms with E-state index in [9.17, 15) is 4.79 Å². The summed E-state index contributed by atoms with van der Waals surface area (Å²) in [5.41, 5.74) is 2.00. The van der Waals surface area contributed by atoms with Crippen molar-refractivity contribution in [3.63, 3.8) is 0 Å². The fourth-order valence-electron chi connectivity index (χ4n) is 3.67. The van der Waals surface area contributed by atoms with Crippen LogP contribution in [0.1, 0.15) is 28.2 Å². The summed E-state index contributed by atoms with van der Waals surface area (Å²) in [5, 5.41) is 6.16. The summed E-state index contributed by atoms with van der Waals surface area (Å²) in [5.74, 6) is 0.889. The average Bonchev–Trinajstić information content (AvgIpc) is 3.42. The van der Waals surface area contributed by atoms with E-state index in [2.05, 4.69) is 29.1 Å². The van der Waals surface area contributed by atoms with Crippen LogP contribution < -0.4 is 4.74 Å². The maximum atomic E-state index is 12.6. The zero-order chi connectivity index (χ0) is 20.8. The van der Waals surface area contributed by atoms with Gasteiger partial charge < -0.3 is 9.47 Å². The van der Waals surface area contributed by atoms with Gasteiger partial charge in [0.25, 0.3) is 0 Å². The zero-order valence-corrected chi connectivity index (χ0v) is 18.3. The second-order valence-electron chi connectivity index (χ2n) is 7.70. The van der Waals surface area contributed by atoms with Crippen molar-refractivity contribution in [2.45, 2.75) is 26.2 Å². The lowest BCUT2D eigenvalue weighted by Gasteiger charge is -2.26. The number of thiophene rings is 1. The zero-order valence-electron chi connectivity index (χ0n) is 17.5. The van der Waals surface area contributed by atoms with Crippen molar-refractivity contribution in [1.82, 2.24) is 9.91 Å². The largest absolute Gasteiger partial charge is 0.494 e.